The van der Waals surface area contributed by atoms with Gasteiger partial charge in [-0.1, -0.05) is 0 Å². The number of hydrogen-bond donors (Lipinski definition) is 1. The monoisotopic (exact) mass is 220 g/mol. The van der Waals surface area contributed by atoms with Gasteiger partial charge in [-0.2, -0.15) is 0 Å². The normalized spacial score (nSPS) is 21.2. The second kappa shape index (κ2) is 3.47. The van der Waals surface area contributed by atoms with Crippen molar-refractivity contribution in [2.45, 2.75) is 18.9 Å². The van der Waals surface area contributed by atoms with Crippen molar-refractivity contribution >= 4 is 27.2 Å². The number of nitrogens with zero attached hydrogens (tertiary/aromatic N) is 1. The highest BCUT2D eigenvalue weighted by Crippen LogP contribution is 2.34. The number of aromatic nitrogens is 1. The predicted octanol–water partition coefficient (Wildman–Crippen LogP) is 2.73. The van der Waals surface area contributed by atoms with Gasteiger partial charge >= 0.3 is 0 Å². The van der Waals surface area contributed by atoms with Crippen molar-refractivity contribution in [3.63, 3.8) is 0 Å². The molecule has 0 radical (unpaired) electrons. The quantitative estimate of drug-likeness (QED) is 0.752. The summed E-state index contributed by atoms with van der Waals surface area (Å²) in [5, 5.41) is 1.09. The number of ether oxygens (including phenoxy) is 1. The molecule has 1 aromatic heterocycles. The van der Waals surface area contributed by atoms with E-state index in [4.69, 9.17) is 10.5 Å². The standard InChI is InChI=1S/C11H12N2OS/c12-7-3-4-8-10(6-7)15-11(13-8)9-2-1-5-14-9/h3-4,6,9H,1-2,5,12H2. The van der Waals surface area contributed by atoms with E-state index in [1.54, 1.807) is 11.3 Å². The van der Waals surface area contributed by atoms with Crippen molar-refractivity contribution in [1.82, 2.24) is 4.98 Å². The Labute approximate surface area is 91.9 Å². The maximum Gasteiger partial charge on any atom is 0.123 e. The summed E-state index contributed by atoms with van der Waals surface area (Å²) in [5.74, 6) is 0. The molecule has 1 unspecified atom stereocenters. The van der Waals surface area contributed by atoms with E-state index in [0.29, 0.717) is 0 Å². The van der Waals surface area contributed by atoms with Gasteiger partial charge in [-0.25, -0.2) is 4.98 Å². The molecule has 0 amide bonds. The van der Waals surface area contributed by atoms with Crippen LogP contribution in [0.1, 0.15) is 24.0 Å². The molecule has 2 heterocycles. The Bertz CT molecular complexity index is 488. The van der Waals surface area contributed by atoms with Crippen molar-refractivity contribution < 1.29 is 4.74 Å². The molecule has 3 rings (SSSR count). The number of anilines is 1. The van der Waals surface area contributed by atoms with Crippen LogP contribution in [-0.2, 0) is 4.74 Å². The summed E-state index contributed by atoms with van der Waals surface area (Å²) in [6.07, 6.45) is 2.45. The van der Waals surface area contributed by atoms with Gasteiger partial charge in [-0.05, 0) is 31.0 Å². The van der Waals surface area contributed by atoms with Crippen molar-refractivity contribution in [1.29, 1.82) is 0 Å². The summed E-state index contributed by atoms with van der Waals surface area (Å²) >= 11 is 1.69. The smallest absolute Gasteiger partial charge is 0.123 e. The number of rotatable bonds is 1. The number of nitrogen functional groups attached to an aromatic ring is 1. The lowest BCUT2D eigenvalue weighted by Gasteiger charge is -2.02. The largest absolute Gasteiger partial charge is 0.399 e. The van der Waals surface area contributed by atoms with Crippen LogP contribution in [-0.4, -0.2) is 11.6 Å². The van der Waals surface area contributed by atoms with Crippen LogP contribution in [0.4, 0.5) is 5.69 Å². The summed E-state index contributed by atoms with van der Waals surface area (Å²) in [6, 6.07) is 5.84. The molecule has 78 valence electrons. The summed E-state index contributed by atoms with van der Waals surface area (Å²) in [4.78, 5) is 4.57. The first-order valence-electron chi connectivity index (χ1n) is 5.10. The van der Waals surface area contributed by atoms with Crippen molar-refractivity contribution in [3.05, 3.63) is 23.2 Å². The highest BCUT2D eigenvalue weighted by atomic mass is 32.1. The molecule has 1 fully saturated rings. The lowest BCUT2D eigenvalue weighted by Crippen LogP contribution is -1.93. The molecule has 1 saturated heterocycles. The van der Waals surface area contributed by atoms with Crippen LogP contribution < -0.4 is 5.73 Å². The zero-order chi connectivity index (χ0) is 10.3. The van der Waals surface area contributed by atoms with Crippen LogP contribution in [0.3, 0.4) is 0 Å². The Balaban J connectivity index is 2.05. The van der Waals surface area contributed by atoms with Gasteiger partial charge in [-0.3, -0.25) is 0 Å². The lowest BCUT2D eigenvalue weighted by atomic mass is 10.2. The number of thiazole rings is 1. The van der Waals surface area contributed by atoms with E-state index in [1.165, 1.54) is 0 Å². The van der Waals surface area contributed by atoms with Gasteiger partial charge in [0.2, 0.25) is 0 Å². The van der Waals surface area contributed by atoms with Gasteiger partial charge in [0.05, 0.1) is 10.2 Å². The minimum absolute atomic E-state index is 0.212. The van der Waals surface area contributed by atoms with E-state index in [2.05, 4.69) is 4.98 Å². The molecule has 4 heteroatoms. The Morgan fingerprint density at radius 2 is 2.40 bits per heavy atom. The topological polar surface area (TPSA) is 48.1 Å². The molecule has 2 aromatic rings. The van der Waals surface area contributed by atoms with Crippen LogP contribution in [0.15, 0.2) is 18.2 Å². The number of benzene rings is 1. The zero-order valence-corrected chi connectivity index (χ0v) is 9.09. The second-order valence-corrected chi connectivity index (χ2v) is 4.84. The third kappa shape index (κ3) is 1.60. The fourth-order valence-corrected chi connectivity index (χ4v) is 2.97. The molecule has 15 heavy (non-hydrogen) atoms. The lowest BCUT2D eigenvalue weighted by molar-refractivity contribution is 0.112. The first-order chi connectivity index (χ1) is 7.33. The minimum atomic E-state index is 0.212. The summed E-state index contributed by atoms with van der Waals surface area (Å²) in [6.45, 7) is 0.864. The van der Waals surface area contributed by atoms with E-state index in [0.717, 1.165) is 40.4 Å². The Kier molecular flexibility index (Phi) is 2.11. The van der Waals surface area contributed by atoms with Gasteiger partial charge in [0.25, 0.3) is 0 Å². The fraction of sp³-hybridized carbons (Fsp3) is 0.364. The predicted molar refractivity (Wildman–Crippen MR) is 62.0 cm³/mol. The third-order valence-electron chi connectivity index (χ3n) is 2.63. The summed E-state index contributed by atoms with van der Waals surface area (Å²) in [7, 11) is 0. The Hall–Kier alpha value is -1.13. The fourth-order valence-electron chi connectivity index (χ4n) is 1.87. The van der Waals surface area contributed by atoms with Crippen LogP contribution in [0.5, 0.6) is 0 Å². The van der Waals surface area contributed by atoms with Gasteiger partial charge in [0, 0.05) is 12.3 Å². The third-order valence-corrected chi connectivity index (χ3v) is 3.74. The molecular weight excluding hydrogens is 208 g/mol. The minimum Gasteiger partial charge on any atom is -0.399 e. The molecule has 1 atom stereocenters. The van der Waals surface area contributed by atoms with Crippen molar-refractivity contribution in [2.75, 3.05) is 12.3 Å². The SMILES string of the molecule is Nc1ccc2nc(C3CCCO3)sc2c1. The highest BCUT2D eigenvalue weighted by molar-refractivity contribution is 7.18. The van der Waals surface area contributed by atoms with E-state index < -0.39 is 0 Å². The second-order valence-electron chi connectivity index (χ2n) is 3.78. The molecule has 1 aliphatic rings. The maximum atomic E-state index is 5.73. The van der Waals surface area contributed by atoms with E-state index in [-0.39, 0.29) is 6.10 Å². The average Bonchev–Trinajstić information content (AvgIpc) is 2.84. The molecule has 0 bridgehead atoms. The van der Waals surface area contributed by atoms with Crippen molar-refractivity contribution in [3.8, 4) is 0 Å². The van der Waals surface area contributed by atoms with Crippen LogP contribution in [0.25, 0.3) is 10.2 Å². The van der Waals surface area contributed by atoms with Crippen LogP contribution >= 0.6 is 11.3 Å². The van der Waals surface area contributed by atoms with E-state index in [1.807, 2.05) is 18.2 Å². The number of fused-ring (bicyclic) bond motifs is 1. The maximum absolute atomic E-state index is 5.73. The molecular formula is C11H12N2OS. The molecule has 3 nitrogen and oxygen atoms in total. The molecule has 1 aromatic carbocycles. The zero-order valence-electron chi connectivity index (χ0n) is 8.27. The first-order valence-corrected chi connectivity index (χ1v) is 5.92. The van der Waals surface area contributed by atoms with Crippen molar-refractivity contribution in [2.24, 2.45) is 0 Å². The van der Waals surface area contributed by atoms with Gasteiger partial charge in [0.1, 0.15) is 11.1 Å². The molecule has 1 aliphatic heterocycles. The van der Waals surface area contributed by atoms with E-state index in [9.17, 15) is 0 Å². The molecule has 2 N–H and O–H groups in total. The molecule has 0 spiro atoms. The summed E-state index contributed by atoms with van der Waals surface area (Å²) in [5.41, 5.74) is 7.56. The number of nitrogens with two attached hydrogens (primary N) is 1. The molecule has 0 aliphatic carbocycles. The highest BCUT2D eigenvalue weighted by Gasteiger charge is 2.21. The Morgan fingerprint density at radius 1 is 1.47 bits per heavy atom. The van der Waals surface area contributed by atoms with Gasteiger partial charge in [0.15, 0.2) is 0 Å². The van der Waals surface area contributed by atoms with Gasteiger partial charge < -0.3 is 10.5 Å². The summed E-state index contributed by atoms with van der Waals surface area (Å²) < 4.78 is 6.77. The van der Waals surface area contributed by atoms with Gasteiger partial charge in [-0.15, -0.1) is 11.3 Å². The average molecular weight is 220 g/mol. The molecule has 0 saturated carbocycles. The van der Waals surface area contributed by atoms with Crippen LogP contribution in [0, 0.1) is 0 Å². The van der Waals surface area contributed by atoms with Crippen LogP contribution in [0.2, 0.25) is 0 Å². The first kappa shape index (κ1) is 9.12. The Morgan fingerprint density at radius 3 is 3.20 bits per heavy atom. The van der Waals surface area contributed by atoms with E-state index >= 15 is 0 Å². The number of hydrogen-bond acceptors (Lipinski definition) is 4.